The van der Waals surface area contributed by atoms with E-state index in [1.807, 2.05) is 38.1 Å². The Kier molecular flexibility index (Phi) is 4.79. The van der Waals surface area contributed by atoms with Crippen LogP contribution in [0.5, 0.6) is 5.75 Å². The van der Waals surface area contributed by atoms with Gasteiger partial charge in [-0.2, -0.15) is 0 Å². The summed E-state index contributed by atoms with van der Waals surface area (Å²) in [5.41, 5.74) is 2.10. The maximum Gasteiger partial charge on any atom is 0.237 e. The molecule has 1 amide bonds. The van der Waals surface area contributed by atoms with E-state index >= 15 is 0 Å². The van der Waals surface area contributed by atoms with Crippen LogP contribution in [-0.2, 0) is 11.3 Å². The molecule has 20 heavy (non-hydrogen) atoms. The van der Waals surface area contributed by atoms with E-state index in [0.29, 0.717) is 13.2 Å². The van der Waals surface area contributed by atoms with Crippen molar-refractivity contribution in [2.75, 3.05) is 19.7 Å². The summed E-state index contributed by atoms with van der Waals surface area (Å²) in [6.45, 7) is 10.5. The van der Waals surface area contributed by atoms with Crippen molar-refractivity contribution in [3.63, 3.8) is 0 Å². The molecule has 0 bridgehead atoms. The lowest BCUT2D eigenvalue weighted by Gasteiger charge is -2.33. The SMILES string of the molecule is C=C(C)COc1ccccc1CN1CCNC(=O)C1C. The quantitative estimate of drug-likeness (QED) is 0.835. The highest BCUT2D eigenvalue weighted by Gasteiger charge is 2.25. The molecule has 1 unspecified atom stereocenters. The lowest BCUT2D eigenvalue weighted by atomic mass is 10.1. The standard InChI is InChI=1S/C16H22N2O2/c1-12(2)11-20-15-7-5-4-6-14(15)10-18-9-8-17-16(19)13(18)3/h4-7,13H,1,8-11H2,2-3H3,(H,17,19). The van der Waals surface area contributed by atoms with Crippen molar-refractivity contribution in [2.24, 2.45) is 0 Å². The molecule has 1 aromatic carbocycles. The first-order valence-electron chi connectivity index (χ1n) is 6.95. The van der Waals surface area contributed by atoms with Gasteiger partial charge in [0.1, 0.15) is 12.4 Å². The van der Waals surface area contributed by atoms with Gasteiger partial charge in [-0.15, -0.1) is 0 Å². The molecule has 1 aromatic rings. The molecule has 1 fully saturated rings. The minimum Gasteiger partial charge on any atom is -0.489 e. The number of hydrogen-bond donors (Lipinski definition) is 1. The zero-order valence-corrected chi connectivity index (χ0v) is 12.2. The van der Waals surface area contributed by atoms with Gasteiger partial charge in [-0.3, -0.25) is 9.69 Å². The lowest BCUT2D eigenvalue weighted by molar-refractivity contribution is -0.128. The van der Waals surface area contributed by atoms with Crippen LogP contribution < -0.4 is 10.1 Å². The number of nitrogens with zero attached hydrogens (tertiary/aromatic N) is 1. The fourth-order valence-electron chi connectivity index (χ4n) is 2.24. The van der Waals surface area contributed by atoms with Crippen LogP contribution in [0, 0.1) is 0 Å². The molecule has 0 radical (unpaired) electrons. The highest BCUT2D eigenvalue weighted by atomic mass is 16.5. The Morgan fingerprint density at radius 2 is 2.25 bits per heavy atom. The first-order valence-corrected chi connectivity index (χ1v) is 6.95. The molecular weight excluding hydrogens is 252 g/mol. The topological polar surface area (TPSA) is 41.6 Å². The molecule has 0 saturated carbocycles. The highest BCUT2D eigenvalue weighted by Crippen LogP contribution is 2.21. The fraction of sp³-hybridized carbons (Fsp3) is 0.438. The summed E-state index contributed by atoms with van der Waals surface area (Å²) in [5.74, 6) is 0.963. The third-order valence-corrected chi connectivity index (χ3v) is 3.45. The number of nitrogens with one attached hydrogen (secondary N) is 1. The van der Waals surface area contributed by atoms with Gasteiger partial charge in [0.2, 0.25) is 5.91 Å². The summed E-state index contributed by atoms with van der Waals surface area (Å²) in [5, 5.41) is 2.88. The van der Waals surface area contributed by atoms with Crippen molar-refractivity contribution in [1.82, 2.24) is 10.2 Å². The van der Waals surface area contributed by atoms with E-state index in [1.165, 1.54) is 0 Å². The van der Waals surface area contributed by atoms with Crippen LogP contribution in [0.4, 0.5) is 0 Å². The number of benzene rings is 1. The van der Waals surface area contributed by atoms with Gasteiger partial charge in [0.15, 0.2) is 0 Å². The van der Waals surface area contributed by atoms with Gasteiger partial charge in [0.25, 0.3) is 0 Å². The number of carbonyl (C=O) groups excluding carboxylic acids is 1. The zero-order chi connectivity index (χ0) is 14.5. The van der Waals surface area contributed by atoms with Crippen LogP contribution in [0.15, 0.2) is 36.4 Å². The van der Waals surface area contributed by atoms with Crippen molar-refractivity contribution in [2.45, 2.75) is 26.4 Å². The second-order valence-electron chi connectivity index (χ2n) is 5.29. The van der Waals surface area contributed by atoms with E-state index in [1.54, 1.807) is 0 Å². The van der Waals surface area contributed by atoms with E-state index in [2.05, 4.69) is 16.8 Å². The minimum absolute atomic E-state index is 0.0941. The summed E-state index contributed by atoms with van der Waals surface area (Å²) < 4.78 is 5.78. The fourth-order valence-corrected chi connectivity index (χ4v) is 2.24. The maximum absolute atomic E-state index is 11.7. The molecule has 1 heterocycles. The number of piperazine rings is 1. The Morgan fingerprint density at radius 1 is 1.50 bits per heavy atom. The Hall–Kier alpha value is -1.81. The Bertz CT molecular complexity index is 499. The minimum atomic E-state index is -0.0991. The third-order valence-electron chi connectivity index (χ3n) is 3.45. The first kappa shape index (κ1) is 14.6. The van der Waals surface area contributed by atoms with E-state index in [9.17, 15) is 4.79 Å². The van der Waals surface area contributed by atoms with Crippen LogP contribution in [0.2, 0.25) is 0 Å². The zero-order valence-electron chi connectivity index (χ0n) is 12.2. The molecule has 4 nitrogen and oxygen atoms in total. The molecule has 0 aromatic heterocycles. The molecular formula is C16H22N2O2. The Balaban J connectivity index is 2.08. The summed E-state index contributed by atoms with van der Waals surface area (Å²) >= 11 is 0. The lowest BCUT2D eigenvalue weighted by Crippen LogP contribution is -2.53. The number of carbonyl (C=O) groups is 1. The molecule has 1 N–H and O–H groups in total. The number of para-hydroxylation sites is 1. The van der Waals surface area contributed by atoms with Gasteiger partial charge in [0.05, 0.1) is 6.04 Å². The Morgan fingerprint density at radius 3 is 3.00 bits per heavy atom. The third kappa shape index (κ3) is 3.61. The van der Waals surface area contributed by atoms with Gasteiger partial charge >= 0.3 is 0 Å². The van der Waals surface area contributed by atoms with Crippen LogP contribution in [0.25, 0.3) is 0 Å². The number of ether oxygens (including phenoxy) is 1. The number of rotatable bonds is 5. The maximum atomic E-state index is 11.7. The van der Waals surface area contributed by atoms with Crippen molar-refractivity contribution >= 4 is 5.91 Å². The van der Waals surface area contributed by atoms with Crippen LogP contribution in [-0.4, -0.2) is 36.5 Å². The molecule has 1 aliphatic heterocycles. The Labute approximate surface area is 120 Å². The van der Waals surface area contributed by atoms with E-state index in [4.69, 9.17) is 4.74 Å². The largest absolute Gasteiger partial charge is 0.489 e. The van der Waals surface area contributed by atoms with E-state index < -0.39 is 0 Å². The summed E-state index contributed by atoms with van der Waals surface area (Å²) in [6.07, 6.45) is 0. The molecule has 0 aliphatic carbocycles. The smallest absolute Gasteiger partial charge is 0.237 e. The van der Waals surface area contributed by atoms with E-state index in [-0.39, 0.29) is 11.9 Å². The van der Waals surface area contributed by atoms with Crippen molar-refractivity contribution < 1.29 is 9.53 Å². The van der Waals surface area contributed by atoms with Gasteiger partial charge in [0, 0.05) is 25.2 Å². The molecule has 4 heteroatoms. The summed E-state index contributed by atoms with van der Waals surface area (Å²) in [6, 6.07) is 7.87. The molecule has 108 valence electrons. The average molecular weight is 274 g/mol. The second-order valence-corrected chi connectivity index (χ2v) is 5.29. The normalized spacial score (nSPS) is 19.5. The van der Waals surface area contributed by atoms with E-state index in [0.717, 1.165) is 30.0 Å². The van der Waals surface area contributed by atoms with Crippen LogP contribution in [0.3, 0.4) is 0 Å². The van der Waals surface area contributed by atoms with Crippen LogP contribution in [0.1, 0.15) is 19.4 Å². The second kappa shape index (κ2) is 6.57. The van der Waals surface area contributed by atoms with Crippen molar-refractivity contribution in [3.05, 3.63) is 42.0 Å². The molecule has 0 spiro atoms. The molecule has 2 rings (SSSR count). The predicted octanol–water partition coefficient (Wildman–Crippen LogP) is 1.96. The van der Waals surface area contributed by atoms with Gasteiger partial charge in [-0.1, -0.05) is 24.8 Å². The first-order chi connectivity index (χ1) is 9.58. The molecule has 1 atom stereocenters. The summed E-state index contributed by atoms with van der Waals surface area (Å²) in [7, 11) is 0. The van der Waals surface area contributed by atoms with Crippen molar-refractivity contribution in [3.8, 4) is 5.75 Å². The van der Waals surface area contributed by atoms with Gasteiger partial charge < -0.3 is 10.1 Å². The van der Waals surface area contributed by atoms with Gasteiger partial charge in [-0.25, -0.2) is 0 Å². The number of amides is 1. The molecule has 1 aliphatic rings. The van der Waals surface area contributed by atoms with Gasteiger partial charge in [-0.05, 0) is 25.5 Å². The number of hydrogen-bond acceptors (Lipinski definition) is 3. The predicted molar refractivity (Wildman–Crippen MR) is 79.6 cm³/mol. The molecule has 1 saturated heterocycles. The highest BCUT2D eigenvalue weighted by molar-refractivity contribution is 5.82. The monoisotopic (exact) mass is 274 g/mol. The van der Waals surface area contributed by atoms with Crippen LogP contribution >= 0.6 is 0 Å². The van der Waals surface area contributed by atoms with Crippen molar-refractivity contribution in [1.29, 1.82) is 0 Å². The average Bonchev–Trinajstić information content (AvgIpc) is 2.43. The summed E-state index contributed by atoms with van der Waals surface area (Å²) in [4.78, 5) is 13.9.